The normalized spacial score (nSPS) is 11.1. The number of thioether (sulfide) groups is 1. The number of amides is 1. The van der Waals surface area contributed by atoms with E-state index < -0.39 is 0 Å². The van der Waals surface area contributed by atoms with Crippen LogP contribution in [0.25, 0.3) is 20.7 Å². The summed E-state index contributed by atoms with van der Waals surface area (Å²) in [5, 5.41) is 8.51. The first-order chi connectivity index (χ1) is 13.5. The Morgan fingerprint density at radius 2 is 2.04 bits per heavy atom. The largest absolute Gasteiger partial charge is 0.325 e. The van der Waals surface area contributed by atoms with E-state index in [1.807, 2.05) is 22.9 Å². The summed E-state index contributed by atoms with van der Waals surface area (Å²) in [5.41, 5.74) is 1.49. The van der Waals surface area contributed by atoms with Crippen LogP contribution in [0.5, 0.6) is 0 Å². The Kier molecular flexibility index (Phi) is 5.54. The van der Waals surface area contributed by atoms with Crippen molar-refractivity contribution in [1.82, 2.24) is 9.55 Å². The Labute approximate surface area is 178 Å². The summed E-state index contributed by atoms with van der Waals surface area (Å²) in [6.07, 6.45) is 0. The van der Waals surface area contributed by atoms with Gasteiger partial charge in [0.1, 0.15) is 4.83 Å². The van der Waals surface area contributed by atoms with E-state index in [2.05, 4.69) is 10.3 Å². The lowest BCUT2D eigenvalue weighted by atomic mass is 10.2. The molecule has 0 bridgehead atoms. The maximum atomic E-state index is 12.9. The van der Waals surface area contributed by atoms with Gasteiger partial charge in [0.15, 0.2) is 5.16 Å². The Bertz CT molecular complexity index is 1200. The highest BCUT2D eigenvalue weighted by atomic mass is 35.5. The van der Waals surface area contributed by atoms with Gasteiger partial charge in [-0.15, -0.1) is 22.7 Å². The molecule has 4 aromatic rings. The molecule has 142 valence electrons. The van der Waals surface area contributed by atoms with Gasteiger partial charge in [0.2, 0.25) is 5.91 Å². The molecule has 3 heterocycles. The van der Waals surface area contributed by atoms with Crippen LogP contribution in [0, 0.1) is 0 Å². The minimum atomic E-state index is -0.174. The van der Waals surface area contributed by atoms with Gasteiger partial charge in [-0.3, -0.25) is 14.2 Å². The van der Waals surface area contributed by atoms with E-state index in [0.29, 0.717) is 26.1 Å². The molecule has 0 saturated heterocycles. The number of rotatable bonds is 5. The smallest absolute Gasteiger partial charge is 0.263 e. The number of carbonyl (C=O) groups excluding carboxylic acids is 1. The molecule has 1 amide bonds. The number of hydrogen-bond acceptors (Lipinski definition) is 6. The fourth-order valence-electron chi connectivity index (χ4n) is 2.66. The van der Waals surface area contributed by atoms with Crippen LogP contribution < -0.4 is 10.9 Å². The average Bonchev–Trinajstić information content (AvgIpc) is 3.35. The van der Waals surface area contributed by atoms with E-state index >= 15 is 0 Å². The first kappa shape index (κ1) is 19.2. The summed E-state index contributed by atoms with van der Waals surface area (Å²) < 4.78 is 1.51. The minimum Gasteiger partial charge on any atom is -0.325 e. The third kappa shape index (κ3) is 3.86. The van der Waals surface area contributed by atoms with Crippen molar-refractivity contribution in [2.75, 3.05) is 11.1 Å². The summed E-state index contributed by atoms with van der Waals surface area (Å²) in [7, 11) is 1.68. The topological polar surface area (TPSA) is 64.0 Å². The fourth-order valence-corrected chi connectivity index (χ4v) is 5.36. The lowest BCUT2D eigenvalue weighted by Crippen LogP contribution is -2.21. The Morgan fingerprint density at radius 1 is 1.25 bits per heavy atom. The summed E-state index contributed by atoms with van der Waals surface area (Å²) >= 11 is 10.1. The van der Waals surface area contributed by atoms with Gasteiger partial charge in [0.25, 0.3) is 5.56 Å². The van der Waals surface area contributed by atoms with Crippen LogP contribution in [-0.4, -0.2) is 21.2 Å². The van der Waals surface area contributed by atoms with E-state index in [-0.39, 0.29) is 17.2 Å². The number of thiophene rings is 2. The lowest BCUT2D eigenvalue weighted by Gasteiger charge is -2.08. The SMILES string of the molecule is Cn1c(SCC(=O)Nc2ccc(Cl)cc2)nc2scc(-c3cccs3)c2c1=O. The van der Waals surface area contributed by atoms with Gasteiger partial charge in [0, 0.05) is 33.6 Å². The van der Waals surface area contributed by atoms with Crippen LogP contribution in [0.3, 0.4) is 0 Å². The van der Waals surface area contributed by atoms with Gasteiger partial charge in [-0.25, -0.2) is 4.98 Å². The predicted molar refractivity (Wildman–Crippen MR) is 119 cm³/mol. The molecule has 0 atom stereocenters. The second-order valence-corrected chi connectivity index (χ2v) is 9.09. The number of fused-ring (bicyclic) bond motifs is 1. The summed E-state index contributed by atoms with van der Waals surface area (Å²) in [5.74, 6) is -0.0236. The standard InChI is InChI=1S/C19H14ClN3O2S3/c1-23-18(25)16-13(14-3-2-8-26-14)9-27-17(16)22-19(23)28-10-15(24)21-12-6-4-11(20)5-7-12/h2-9H,10H2,1H3,(H,21,24). The van der Waals surface area contributed by atoms with E-state index in [0.717, 1.165) is 10.4 Å². The molecule has 0 aliphatic carbocycles. The molecule has 0 saturated carbocycles. The van der Waals surface area contributed by atoms with E-state index in [4.69, 9.17) is 11.6 Å². The zero-order valence-electron chi connectivity index (χ0n) is 14.6. The predicted octanol–water partition coefficient (Wildman–Crippen LogP) is 5.11. The molecular formula is C19H14ClN3O2S3. The van der Waals surface area contributed by atoms with Crippen LogP contribution in [0.4, 0.5) is 5.69 Å². The molecule has 0 aliphatic rings. The van der Waals surface area contributed by atoms with Crippen LogP contribution in [0.2, 0.25) is 5.02 Å². The molecule has 1 N–H and O–H groups in total. The molecule has 4 rings (SSSR count). The van der Waals surface area contributed by atoms with Crippen molar-refractivity contribution in [2.24, 2.45) is 7.05 Å². The molecule has 0 fully saturated rings. The number of anilines is 1. The summed E-state index contributed by atoms with van der Waals surface area (Å²) in [6.45, 7) is 0. The first-order valence-corrected chi connectivity index (χ1v) is 11.4. The van der Waals surface area contributed by atoms with Crippen molar-refractivity contribution in [3.05, 3.63) is 62.5 Å². The van der Waals surface area contributed by atoms with Crippen LogP contribution in [-0.2, 0) is 11.8 Å². The van der Waals surface area contributed by atoms with Gasteiger partial charge in [0.05, 0.1) is 11.1 Å². The van der Waals surface area contributed by atoms with Gasteiger partial charge in [-0.2, -0.15) is 0 Å². The van der Waals surface area contributed by atoms with Gasteiger partial charge in [-0.05, 0) is 35.7 Å². The monoisotopic (exact) mass is 447 g/mol. The zero-order chi connectivity index (χ0) is 19.7. The molecule has 28 heavy (non-hydrogen) atoms. The number of nitrogens with zero attached hydrogens (tertiary/aromatic N) is 2. The number of halogens is 1. The Hall–Kier alpha value is -2.13. The molecule has 0 unspecified atom stereocenters. The van der Waals surface area contributed by atoms with Gasteiger partial charge < -0.3 is 5.32 Å². The average molecular weight is 448 g/mol. The second kappa shape index (κ2) is 8.08. The van der Waals surface area contributed by atoms with Crippen molar-refractivity contribution >= 4 is 67.8 Å². The highest BCUT2D eigenvalue weighted by molar-refractivity contribution is 7.99. The van der Waals surface area contributed by atoms with E-state index in [9.17, 15) is 9.59 Å². The van der Waals surface area contributed by atoms with Crippen molar-refractivity contribution in [2.45, 2.75) is 5.16 Å². The van der Waals surface area contributed by atoms with Crippen molar-refractivity contribution in [3.63, 3.8) is 0 Å². The quantitative estimate of drug-likeness (QED) is 0.341. The van der Waals surface area contributed by atoms with Gasteiger partial charge in [-0.1, -0.05) is 29.4 Å². The van der Waals surface area contributed by atoms with Gasteiger partial charge >= 0.3 is 0 Å². The molecule has 0 spiro atoms. The summed E-state index contributed by atoms with van der Waals surface area (Å²) in [4.78, 5) is 31.5. The van der Waals surface area contributed by atoms with Crippen LogP contribution in [0.1, 0.15) is 0 Å². The zero-order valence-corrected chi connectivity index (χ0v) is 17.8. The van der Waals surface area contributed by atoms with Crippen molar-refractivity contribution < 1.29 is 4.79 Å². The second-order valence-electron chi connectivity index (χ2n) is 5.91. The third-order valence-electron chi connectivity index (χ3n) is 4.02. The highest BCUT2D eigenvalue weighted by Gasteiger charge is 2.17. The number of nitrogens with one attached hydrogen (secondary N) is 1. The fraction of sp³-hybridized carbons (Fsp3) is 0.105. The minimum absolute atomic E-state index is 0.102. The van der Waals surface area contributed by atoms with E-state index in [1.165, 1.54) is 27.7 Å². The molecule has 0 radical (unpaired) electrons. The van der Waals surface area contributed by atoms with Crippen LogP contribution >= 0.6 is 46.0 Å². The third-order valence-corrected chi connectivity index (χ3v) is 7.08. The molecule has 3 aromatic heterocycles. The first-order valence-electron chi connectivity index (χ1n) is 8.23. The van der Waals surface area contributed by atoms with Crippen molar-refractivity contribution in [1.29, 1.82) is 0 Å². The molecular weight excluding hydrogens is 434 g/mol. The number of aromatic nitrogens is 2. The maximum absolute atomic E-state index is 12.9. The molecule has 9 heteroatoms. The molecule has 5 nitrogen and oxygen atoms in total. The number of hydrogen-bond donors (Lipinski definition) is 1. The molecule has 0 aliphatic heterocycles. The maximum Gasteiger partial charge on any atom is 0.263 e. The highest BCUT2D eigenvalue weighted by Crippen LogP contribution is 2.34. The van der Waals surface area contributed by atoms with E-state index in [1.54, 1.807) is 42.6 Å². The van der Waals surface area contributed by atoms with Crippen LogP contribution in [0.15, 0.2) is 57.1 Å². The number of carbonyl (C=O) groups is 1. The summed E-state index contributed by atoms with van der Waals surface area (Å²) in [6, 6.07) is 10.9. The molecule has 1 aromatic carbocycles. The lowest BCUT2D eigenvalue weighted by molar-refractivity contribution is -0.113. The number of benzene rings is 1. The van der Waals surface area contributed by atoms with Crippen molar-refractivity contribution in [3.8, 4) is 10.4 Å². The Morgan fingerprint density at radius 3 is 2.75 bits per heavy atom. The Balaban J connectivity index is 1.54.